The van der Waals surface area contributed by atoms with Crippen molar-refractivity contribution in [2.24, 2.45) is 0 Å². The van der Waals surface area contributed by atoms with E-state index in [9.17, 15) is 4.32 Å². The smallest absolute Gasteiger partial charge is 0.361 e. The molecule has 8 rings (SSSR count). The number of rotatable bonds is 6. The van der Waals surface area contributed by atoms with Gasteiger partial charge in [-0.3, -0.25) is 0 Å². The molecule has 0 saturated heterocycles. The summed E-state index contributed by atoms with van der Waals surface area (Å²) in [5.41, 5.74) is 7.84. The Bertz CT molecular complexity index is 2220. The Morgan fingerprint density at radius 3 is 0.839 bits per heavy atom. The van der Waals surface area contributed by atoms with Crippen molar-refractivity contribution in [1.82, 2.24) is 0 Å². The van der Waals surface area contributed by atoms with E-state index >= 15 is 0 Å². The van der Waals surface area contributed by atoms with Crippen molar-refractivity contribution in [1.29, 1.82) is 0 Å². The minimum atomic E-state index is -3.17. The Hall–Kier alpha value is -5.31. The van der Waals surface area contributed by atoms with Gasteiger partial charge < -0.3 is 14.4 Å². The minimum Gasteiger partial charge on any atom is -0.867 e. The molecule has 0 atom stereocenters. The molecule has 0 N–H and O–H groups in total. The zero-order chi connectivity index (χ0) is 39.4. The third-order valence-electron chi connectivity index (χ3n) is 8.30. The monoisotopic (exact) mass is 816 g/mol. The molecule has 56 heavy (non-hydrogen) atoms. The number of hydrogen-bond donors (Lipinski definition) is 0. The third-order valence-corrected chi connectivity index (χ3v) is 9.40. The van der Waals surface area contributed by atoms with E-state index in [1.54, 1.807) is 12.1 Å². The van der Waals surface area contributed by atoms with Crippen LogP contribution in [-0.4, -0.2) is 7.40 Å². The summed E-state index contributed by atoms with van der Waals surface area (Å²) in [7, 11) is -3.17. The fraction of sp³-hybridized carbons (Fsp3) is 0. The van der Waals surface area contributed by atoms with Crippen LogP contribution < -0.4 is 10.0 Å². The van der Waals surface area contributed by atoms with Crippen molar-refractivity contribution in [3.05, 3.63) is 202 Å². The van der Waals surface area contributed by atoms with E-state index in [1.807, 2.05) is 170 Å². The zero-order valence-corrected chi connectivity index (χ0v) is 32.4. The van der Waals surface area contributed by atoms with Gasteiger partial charge in [0, 0.05) is 42.3 Å². The highest BCUT2D eigenvalue weighted by Gasteiger charge is 2.23. The molecule has 6 aromatic carbocycles. The quantitative estimate of drug-likeness (QED) is 0.124. The van der Waals surface area contributed by atoms with Gasteiger partial charge in [-0.25, -0.2) is 8.83 Å². The first-order valence-electron chi connectivity index (χ1n) is 17.2. The lowest BCUT2D eigenvalue weighted by Crippen LogP contribution is -2.39. The summed E-state index contributed by atoms with van der Waals surface area (Å²) in [5.74, 6) is 3.14. The molecule has 0 saturated carbocycles. The molecular weight excluding hydrogens is 788 g/mol. The first kappa shape index (κ1) is 40.4. The van der Waals surface area contributed by atoms with E-state index in [-0.39, 0.29) is 0 Å². The Balaban J connectivity index is 0.000000174. The average Bonchev–Trinajstić information content (AvgIpc) is 3.22. The van der Waals surface area contributed by atoms with Crippen LogP contribution in [0, 0.1) is 0 Å². The first-order chi connectivity index (χ1) is 27.1. The fourth-order valence-electron chi connectivity index (χ4n) is 5.74. The summed E-state index contributed by atoms with van der Waals surface area (Å²) in [5, 5.41) is 19.1. The molecule has 0 aliphatic heterocycles. The second kappa shape index (κ2) is 19.5. The normalized spacial score (nSPS) is 10.4. The Morgan fingerprint density at radius 2 is 0.607 bits per heavy atom. The number of halogens is 5. The van der Waals surface area contributed by atoms with Crippen LogP contribution in [-0.2, 0) is 0 Å². The van der Waals surface area contributed by atoms with Crippen LogP contribution in [0.3, 0.4) is 0 Å². The van der Waals surface area contributed by atoms with Crippen LogP contribution in [0.4, 0.5) is 4.32 Å². The van der Waals surface area contributed by atoms with Crippen molar-refractivity contribution in [2.75, 3.05) is 0 Å². The van der Waals surface area contributed by atoms with E-state index in [0.29, 0.717) is 20.1 Å². The van der Waals surface area contributed by atoms with Crippen molar-refractivity contribution in [3.8, 4) is 67.5 Å². The summed E-state index contributed by atoms with van der Waals surface area (Å²) < 4.78 is 22.3. The summed E-state index contributed by atoms with van der Waals surface area (Å²) >= 11 is 25.0. The maximum atomic E-state index is 9.89. The molecule has 8 aromatic rings. The summed E-state index contributed by atoms with van der Waals surface area (Å²) in [6, 6.07) is 59.3. The van der Waals surface area contributed by atoms with Crippen LogP contribution in [0.1, 0.15) is 0 Å². The lowest BCUT2D eigenvalue weighted by molar-refractivity contribution is -0.366. The van der Waals surface area contributed by atoms with Gasteiger partial charge in [-0.05, 0) is 72.8 Å². The van der Waals surface area contributed by atoms with Crippen molar-refractivity contribution in [3.63, 3.8) is 0 Å². The van der Waals surface area contributed by atoms with E-state index in [2.05, 4.69) is 0 Å². The zero-order valence-electron chi connectivity index (χ0n) is 29.4. The number of hydrogen-bond acceptors (Lipinski definition) is 2. The number of benzene rings is 6. The summed E-state index contributed by atoms with van der Waals surface area (Å²) in [6.07, 6.45) is 0. The molecular formula is C46H30BCl4FO4. The molecule has 0 aliphatic carbocycles. The van der Waals surface area contributed by atoms with Gasteiger partial charge in [0.1, 0.15) is 7.40 Å². The summed E-state index contributed by atoms with van der Waals surface area (Å²) in [4.78, 5) is 0. The van der Waals surface area contributed by atoms with Crippen molar-refractivity contribution in [2.45, 2.75) is 0 Å². The molecule has 2 heterocycles. The van der Waals surface area contributed by atoms with Gasteiger partial charge in [0.05, 0.1) is 46.5 Å². The van der Waals surface area contributed by atoms with Gasteiger partial charge in [0.25, 0.3) is 0 Å². The highest BCUT2D eigenvalue weighted by Crippen LogP contribution is 2.38. The first-order valence-corrected chi connectivity index (χ1v) is 18.7. The van der Waals surface area contributed by atoms with Gasteiger partial charge in [-0.2, -0.15) is 0 Å². The molecule has 0 spiro atoms. The largest absolute Gasteiger partial charge is 0.867 e. The lowest BCUT2D eigenvalue weighted by atomic mass is 10.0. The van der Waals surface area contributed by atoms with Gasteiger partial charge in [-0.15, -0.1) is 0 Å². The van der Waals surface area contributed by atoms with Crippen LogP contribution in [0.5, 0.6) is 0 Å². The Morgan fingerprint density at radius 1 is 0.357 bits per heavy atom. The van der Waals surface area contributed by atoms with Crippen LogP contribution >= 0.6 is 46.4 Å². The SMILES string of the molecule is Clc1ccc(-c2cc(-c3ccccc3)[o+]c(-c3ccccc3)c2)c(Cl)c1.Clc1ccc(-c2cc(-c3ccccc3)[o+]c(-c3ccccc3)c2)c(Cl)c1.[O-]B([O-])F. The average molecular weight is 818 g/mol. The van der Waals surface area contributed by atoms with Gasteiger partial charge in [0.2, 0.25) is 0 Å². The maximum absolute atomic E-state index is 9.89. The van der Waals surface area contributed by atoms with E-state index < -0.39 is 7.40 Å². The second-order valence-electron chi connectivity index (χ2n) is 12.1. The molecule has 0 aliphatic rings. The molecule has 276 valence electrons. The highest BCUT2D eigenvalue weighted by molar-refractivity contribution is 6.37. The van der Waals surface area contributed by atoms with E-state index in [4.69, 9.17) is 65.3 Å². The standard InChI is InChI=1S/2C23H15Cl2O.BFO2/c2*24-19-11-12-20(21(25)15-19)18-13-22(16-7-3-1-4-8-16)26-23(14-18)17-9-5-2-6-10-17;2-1(3)4/h2*1-15H;/q2*+1;-2. The Labute approximate surface area is 344 Å². The predicted octanol–water partition coefficient (Wildman–Crippen LogP) is 13.4. The molecule has 0 unspecified atom stereocenters. The molecule has 0 bridgehead atoms. The van der Waals surface area contributed by atoms with Gasteiger partial charge >= 0.3 is 23.0 Å². The van der Waals surface area contributed by atoms with Crippen molar-refractivity contribution < 1.29 is 23.2 Å². The van der Waals surface area contributed by atoms with Gasteiger partial charge in [0.15, 0.2) is 0 Å². The second-order valence-corrected chi connectivity index (χ2v) is 13.8. The molecule has 4 nitrogen and oxygen atoms in total. The molecule has 0 fully saturated rings. The lowest BCUT2D eigenvalue weighted by Gasteiger charge is -2.09. The van der Waals surface area contributed by atoms with Crippen molar-refractivity contribution >= 4 is 53.8 Å². The molecule has 0 radical (unpaired) electrons. The molecule has 2 aromatic heterocycles. The van der Waals surface area contributed by atoms with E-state index in [1.165, 1.54) is 0 Å². The van der Waals surface area contributed by atoms with Gasteiger partial charge in [-0.1, -0.05) is 131 Å². The highest BCUT2D eigenvalue weighted by atomic mass is 35.5. The molecule has 10 heteroatoms. The minimum absolute atomic E-state index is 0.613. The molecule has 0 amide bonds. The third kappa shape index (κ3) is 10.9. The fourth-order valence-corrected chi connectivity index (χ4v) is 6.78. The summed E-state index contributed by atoms with van der Waals surface area (Å²) in [6.45, 7) is 0. The van der Waals surface area contributed by atoms with E-state index in [0.717, 1.165) is 67.5 Å². The maximum Gasteiger partial charge on any atom is 0.361 e. The topological polar surface area (TPSA) is 68.7 Å². The van der Waals surface area contributed by atoms with Crippen LogP contribution in [0.2, 0.25) is 20.1 Å². The Kier molecular flexibility index (Phi) is 14.1. The van der Waals surface area contributed by atoms with Crippen LogP contribution in [0.15, 0.2) is 191 Å². The van der Waals surface area contributed by atoms with Crippen LogP contribution in [0.25, 0.3) is 67.5 Å². The predicted molar refractivity (Wildman–Crippen MR) is 226 cm³/mol.